The van der Waals surface area contributed by atoms with Gasteiger partial charge in [-0.15, -0.1) is 0 Å². The number of nitriles is 1. The van der Waals surface area contributed by atoms with Crippen LogP contribution in [0.2, 0.25) is 0 Å². The molecule has 0 saturated carbocycles. The van der Waals surface area contributed by atoms with Crippen LogP contribution in [0.3, 0.4) is 0 Å². The molecule has 0 aliphatic rings. The maximum Gasteiger partial charge on any atom is 0.244 e. The van der Waals surface area contributed by atoms with Gasteiger partial charge in [-0.05, 0) is 32.9 Å². The Labute approximate surface area is 100 Å². The van der Waals surface area contributed by atoms with Crippen LogP contribution in [0.5, 0.6) is 0 Å². The first-order valence-electron chi connectivity index (χ1n) is 5.20. The largest absolute Gasteiger partial charge is 0.325 e. The lowest BCUT2D eigenvalue weighted by atomic mass is 9.94. The Balaban J connectivity index is 2.90. The Morgan fingerprint density at radius 1 is 1.35 bits per heavy atom. The van der Waals surface area contributed by atoms with Gasteiger partial charge in [-0.25, -0.2) is 0 Å². The second kappa shape index (κ2) is 4.79. The highest BCUT2D eigenvalue weighted by Gasteiger charge is 2.27. The van der Waals surface area contributed by atoms with E-state index in [1.807, 2.05) is 6.07 Å². The van der Waals surface area contributed by atoms with E-state index in [1.165, 1.54) is 20.8 Å². The Kier molecular flexibility index (Phi) is 3.64. The predicted octanol–water partition coefficient (Wildman–Crippen LogP) is 2.38. The Morgan fingerprint density at radius 3 is 2.53 bits per heavy atom. The molecule has 0 heterocycles. The number of carbonyl (C=O) groups excluding carboxylic acids is 2. The molecule has 0 aliphatic carbocycles. The maximum absolute atomic E-state index is 11.7. The summed E-state index contributed by atoms with van der Waals surface area (Å²) in [4.78, 5) is 22.9. The summed E-state index contributed by atoms with van der Waals surface area (Å²) in [5.41, 5.74) is -0.0461. The average molecular weight is 230 g/mol. The van der Waals surface area contributed by atoms with Crippen molar-refractivity contribution in [3.63, 3.8) is 0 Å². The fraction of sp³-hybridized carbons (Fsp3) is 0.308. The summed E-state index contributed by atoms with van der Waals surface area (Å²) in [6.07, 6.45) is 0. The van der Waals surface area contributed by atoms with Gasteiger partial charge in [0.05, 0.1) is 6.07 Å². The van der Waals surface area contributed by atoms with Crippen LogP contribution in [0, 0.1) is 16.7 Å². The normalized spacial score (nSPS) is 10.5. The van der Waals surface area contributed by atoms with Gasteiger partial charge in [0, 0.05) is 11.3 Å². The molecule has 4 nitrogen and oxygen atoms in total. The maximum atomic E-state index is 11.7. The van der Waals surface area contributed by atoms with Crippen molar-refractivity contribution in [1.29, 1.82) is 5.26 Å². The fourth-order valence-electron chi connectivity index (χ4n) is 1.15. The third-order valence-corrected chi connectivity index (χ3v) is 2.37. The lowest BCUT2D eigenvalue weighted by Gasteiger charge is -2.15. The number of carbonyl (C=O) groups is 2. The number of hydrogen-bond donors (Lipinski definition) is 1. The van der Waals surface area contributed by atoms with E-state index in [4.69, 9.17) is 5.26 Å². The van der Waals surface area contributed by atoms with Crippen LogP contribution in [0.4, 0.5) is 5.69 Å². The molecule has 0 spiro atoms. The molecule has 1 rings (SSSR count). The van der Waals surface area contributed by atoms with Crippen LogP contribution >= 0.6 is 0 Å². The van der Waals surface area contributed by atoms with Crippen molar-refractivity contribution >= 4 is 17.4 Å². The second-order valence-electron chi connectivity index (χ2n) is 4.33. The van der Waals surface area contributed by atoms with Crippen molar-refractivity contribution in [2.24, 2.45) is 5.41 Å². The minimum absolute atomic E-state index is 0.0688. The molecule has 1 aromatic rings. The molecular weight excluding hydrogens is 216 g/mol. The highest BCUT2D eigenvalue weighted by Crippen LogP contribution is 2.18. The predicted molar refractivity (Wildman–Crippen MR) is 64.5 cm³/mol. The number of anilines is 1. The lowest BCUT2D eigenvalue weighted by molar-refractivity contribution is -0.121. The molecule has 0 unspecified atom stereocenters. The van der Waals surface area contributed by atoms with Crippen molar-refractivity contribution in [1.82, 2.24) is 0 Å². The zero-order chi connectivity index (χ0) is 13.1. The first-order chi connectivity index (χ1) is 7.86. The summed E-state index contributed by atoms with van der Waals surface area (Å²) >= 11 is 0. The first-order valence-corrected chi connectivity index (χ1v) is 5.20. The Hall–Kier alpha value is -2.15. The highest BCUT2D eigenvalue weighted by atomic mass is 16.2. The van der Waals surface area contributed by atoms with Crippen LogP contribution in [-0.2, 0) is 4.79 Å². The standard InChI is InChI=1S/C13H14N2O2/c1-9(16)10-5-4-6-11(7-10)15-12(17)13(2,3)8-14/h4-7H,1-3H3,(H,15,17). The van der Waals surface area contributed by atoms with Gasteiger partial charge in [0.2, 0.25) is 5.91 Å². The van der Waals surface area contributed by atoms with Crippen molar-refractivity contribution in [3.05, 3.63) is 29.8 Å². The molecule has 4 heteroatoms. The van der Waals surface area contributed by atoms with Gasteiger partial charge in [0.1, 0.15) is 5.41 Å². The molecular formula is C13H14N2O2. The summed E-state index contributed by atoms with van der Waals surface area (Å²) in [6.45, 7) is 4.54. The number of amides is 1. The quantitative estimate of drug-likeness (QED) is 0.810. The van der Waals surface area contributed by atoms with Crippen LogP contribution in [-0.4, -0.2) is 11.7 Å². The highest BCUT2D eigenvalue weighted by molar-refractivity contribution is 5.99. The smallest absolute Gasteiger partial charge is 0.244 e. The van der Waals surface area contributed by atoms with Crippen molar-refractivity contribution in [2.75, 3.05) is 5.32 Å². The number of Topliss-reactive ketones (excluding diaryl/α,β-unsaturated/α-hetero) is 1. The van der Waals surface area contributed by atoms with Crippen molar-refractivity contribution < 1.29 is 9.59 Å². The molecule has 0 bridgehead atoms. The zero-order valence-corrected chi connectivity index (χ0v) is 10.1. The molecule has 88 valence electrons. The van der Waals surface area contributed by atoms with E-state index in [-0.39, 0.29) is 11.7 Å². The third-order valence-electron chi connectivity index (χ3n) is 2.37. The summed E-state index contributed by atoms with van der Waals surface area (Å²) in [7, 11) is 0. The lowest BCUT2D eigenvalue weighted by Crippen LogP contribution is -2.29. The van der Waals surface area contributed by atoms with E-state index in [9.17, 15) is 9.59 Å². The number of hydrogen-bond acceptors (Lipinski definition) is 3. The number of nitrogens with zero attached hydrogens (tertiary/aromatic N) is 1. The second-order valence-corrected chi connectivity index (χ2v) is 4.33. The molecule has 0 atom stereocenters. The molecule has 0 aliphatic heterocycles. The van der Waals surface area contributed by atoms with Crippen LogP contribution in [0.1, 0.15) is 31.1 Å². The SMILES string of the molecule is CC(=O)c1cccc(NC(=O)C(C)(C)C#N)c1. The van der Waals surface area contributed by atoms with Gasteiger partial charge in [0.25, 0.3) is 0 Å². The number of benzene rings is 1. The number of rotatable bonds is 3. The molecule has 0 radical (unpaired) electrons. The molecule has 0 aromatic heterocycles. The first kappa shape index (κ1) is 12.9. The van der Waals surface area contributed by atoms with Gasteiger partial charge in [-0.1, -0.05) is 12.1 Å². The zero-order valence-electron chi connectivity index (χ0n) is 10.1. The van der Waals surface area contributed by atoms with Crippen molar-refractivity contribution in [2.45, 2.75) is 20.8 Å². The van der Waals surface area contributed by atoms with Crippen LogP contribution in [0.15, 0.2) is 24.3 Å². The van der Waals surface area contributed by atoms with E-state index in [0.717, 1.165) is 0 Å². The monoisotopic (exact) mass is 230 g/mol. The summed E-state index contributed by atoms with van der Waals surface area (Å²) < 4.78 is 0. The molecule has 17 heavy (non-hydrogen) atoms. The van der Waals surface area contributed by atoms with Gasteiger partial charge >= 0.3 is 0 Å². The molecule has 0 saturated heterocycles. The Bertz CT molecular complexity index is 498. The molecule has 1 amide bonds. The van der Waals surface area contributed by atoms with Gasteiger partial charge in [-0.2, -0.15) is 5.26 Å². The average Bonchev–Trinajstić information content (AvgIpc) is 2.29. The van der Waals surface area contributed by atoms with E-state index >= 15 is 0 Å². The topological polar surface area (TPSA) is 70.0 Å². The van der Waals surface area contributed by atoms with Gasteiger partial charge in [0.15, 0.2) is 5.78 Å². The van der Waals surface area contributed by atoms with E-state index < -0.39 is 5.41 Å². The number of ketones is 1. The minimum atomic E-state index is -1.09. The summed E-state index contributed by atoms with van der Waals surface area (Å²) in [5, 5.41) is 11.4. The van der Waals surface area contributed by atoms with Gasteiger partial charge < -0.3 is 5.32 Å². The summed E-state index contributed by atoms with van der Waals surface area (Å²) in [5.74, 6) is -0.457. The molecule has 1 N–H and O–H groups in total. The van der Waals surface area contributed by atoms with E-state index in [2.05, 4.69) is 5.32 Å². The third kappa shape index (κ3) is 3.15. The van der Waals surface area contributed by atoms with Crippen molar-refractivity contribution in [3.8, 4) is 6.07 Å². The van der Waals surface area contributed by atoms with E-state index in [1.54, 1.807) is 24.3 Å². The molecule has 0 fully saturated rings. The minimum Gasteiger partial charge on any atom is -0.325 e. The fourth-order valence-corrected chi connectivity index (χ4v) is 1.15. The molecule has 1 aromatic carbocycles. The Morgan fingerprint density at radius 2 is 2.00 bits per heavy atom. The summed E-state index contributed by atoms with van der Waals surface area (Å²) in [6, 6.07) is 8.55. The number of nitrogens with one attached hydrogen (secondary N) is 1. The van der Waals surface area contributed by atoms with Crippen LogP contribution < -0.4 is 5.32 Å². The van der Waals surface area contributed by atoms with Gasteiger partial charge in [-0.3, -0.25) is 9.59 Å². The van der Waals surface area contributed by atoms with Crippen LogP contribution in [0.25, 0.3) is 0 Å². The van der Waals surface area contributed by atoms with E-state index in [0.29, 0.717) is 11.3 Å².